The Morgan fingerprint density at radius 1 is 1.03 bits per heavy atom. The molecule has 1 amide bonds. The van der Waals surface area contributed by atoms with E-state index in [1.54, 1.807) is 12.3 Å². The van der Waals surface area contributed by atoms with Crippen molar-refractivity contribution < 1.29 is 18.0 Å². The second-order valence-electron chi connectivity index (χ2n) is 7.05. The van der Waals surface area contributed by atoms with Crippen LogP contribution in [-0.4, -0.2) is 26.2 Å². The van der Waals surface area contributed by atoms with Gasteiger partial charge in [0.15, 0.2) is 5.16 Å². The molecule has 9 heteroatoms. The number of thioether (sulfide) groups is 1. The number of aromatic nitrogens is 3. The predicted molar refractivity (Wildman–Crippen MR) is 117 cm³/mol. The van der Waals surface area contributed by atoms with Gasteiger partial charge in [-0.15, -0.1) is 0 Å². The van der Waals surface area contributed by atoms with Crippen molar-refractivity contribution in [3.05, 3.63) is 89.7 Å². The van der Waals surface area contributed by atoms with Crippen molar-refractivity contribution in [3.8, 4) is 0 Å². The number of amides is 1. The van der Waals surface area contributed by atoms with Crippen LogP contribution >= 0.6 is 11.8 Å². The van der Waals surface area contributed by atoms with Crippen LogP contribution in [0.4, 0.5) is 13.2 Å². The van der Waals surface area contributed by atoms with Crippen molar-refractivity contribution in [2.75, 3.05) is 5.75 Å². The smallest absolute Gasteiger partial charge is 0.350 e. The number of fused-ring (bicyclic) bond motifs is 1. The van der Waals surface area contributed by atoms with Crippen LogP contribution in [0.5, 0.6) is 0 Å². The maximum Gasteiger partial charge on any atom is 0.416 e. The summed E-state index contributed by atoms with van der Waals surface area (Å²) in [4.78, 5) is 20.9. The van der Waals surface area contributed by atoms with E-state index >= 15 is 0 Å². The minimum absolute atomic E-state index is 0.0804. The molecule has 2 aromatic carbocycles. The maximum atomic E-state index is 13.2. The highest BCUT2D eigenvalue weighted by Crippen LogP contribution is 2.33. The number of benzene rings is 2. The molecular weight excluding hydrogens is 437 g/mol. The van der Waals surface area contributed by atoms with E-state index in [1.165, 1.54) is 17.8 Å². The first kappa shape index (κ1) is 21.9. The molecule has 0 atom stereocenters. The summed E-state index contributed by atoms with van der Waals surface area (Å²) in [5.41, 5.74) is 1.79. The average Bonchev–Trinajstić information content (AvgIpc) is 3.13. The Bertz CT molecular complexity index is 1210. The summed E-state index contributed by atoms with van der Waals surface area (Å²) in [6, 6.07) is 18.5. The molecule has 5 nitrogen and oxygen atoms in total. The van der Waals surface area contributed by atoms with E-state index in [1.807, 2.05) is 47.0 Å². The third kappa shape index (κ3) is 5.28. The van der Waals surface area contributed by atoms with Crippen LogP contribution in [0.1, 0.15) is 16.8 Å². The Hall–Kier alpha value is -3.33. The highest BCUT2D eigenvalue weighted by Gasteiger charge is 2.31. The van der Waals surface area contributed by atoms with Crippen LogP contribution in [0.2, 0.25) is 0 Å². The van der Waals surface area contributed by atoms with E-state index in [9.17, 15) is 18.0 Å². The molecule has 1 N–H and O–H groups in total. The van der Waals surface area contributed by atoms with Crippen LogP contribution in [0, 0.1) is 0 Å². The number of imidazole rings is 1. The molecule has 164 valence electrons. The molecule has 4 aromatic rings. The SMILES string of the molecule is O=C(CSc1nc2cc(C(F)(F)F)ccc2n1Cc1ccccc1)NCc1ccccn1. The lowest BCUT2D eigenvalue weighted by molar-refractivity contribution is -0.137. The summed E-state index contributed by atoms with van der Waals surface area (Å²) in [7, 11) is 0. The Labute approximate surface area is 186 Å². The van der Waals surface area contributed by atoms with E-state index < -0.39 is 11.7 Å². The van der Waals surface area contributed by atoms with Crippen molar-refractivity contribution in [2.45, 2.75) is 24.4 Å². The van der Waals surface area contributed by atoms with Crippen LogP contribution in [-0.2, 0) is 24.1 Å². The zero-order chi connectivity index (χ0) is 22.6. The molecule has 0 fully saturated rings. The van der Waals surface area contributed by atoms with Crippen molar-refractivity contribution >= 4 is 28.7 Å². The molecule has 32 heavy (non-hydrogen) atoms. The lowest BCUT2D eigenvalue weighted by Crippen LogP contribution is -2.25. The van der Waals surface area contributed by atoms with Crippen LogP contribution in [0.3, 0.4) is 0 Å². The van der Waals surface area contributed by atoms with Gasteiger partial charge in [0.1, 0.15) is 0 Å². The van der Waals surface area contributed by atoms with Crippen molar-refractivity contribution in [1.29, 1.82) is 0 Å². The van der Waals surface area contributed by atoms with Crippen LogP contribution in [0.15, 0.2) is 78.1 Å². The third-order valence-electron chi connectivity index (χ3n) is 4.75. The Morgan fingerprint density at radius 2 is 1.81 bits per heavy atom. The molecule has 2 heterocycles. The van der Waals surface area contributed by atoms with Gasteiger partial charge in [0.05, 0.1) is 41.1 Å². The number of carbonyl (C=O) groups is 1. The zero-order valence-electron chi connectivity index (χ0n) is 16.8. The standard InChI is InChI=1S/C23H19F3N4OS/c24-23(25,26)17-9-10-20-19(12-17)29-22(30(20)14-16-6-2-1-3-7-16)32-15-21(31)28-13-18-8-4-5-11-27-18/h1-12H,13-15H2,(H,28,31). The topological polar surface area (TPSA) is 59.8 Å². The number of nitrogens with one attached hydrogen (secondary N) is 1. The van der Waals surface area contributed by atoms with Gasteiger partial charge in [-0.2, -0.15) is 13.2 Å². The first-order valence-electron chi connectivity index (χ1n) is 9.81. The number of rotatable bonds is 7. The lowest BCUT2D eigenvalue weighted by atomic mass is 10.2. The van der Waals surface area contributed by atoms with E-state index in [-0.39, 0.29) is 17.2 Å². The summed E-state index contributed by atoms with van der Waals surface area (Å²) in [5, 5.41) is 3.28. The number of hydrogen-bond donors (Lipinski definition) is 1. The lowest BCUT2D eigenvalue weighted by Gasteiger charge is -2.10. The van der Waals surface area contributed by atoms with Crippen LogP contribution < -0.4 is 5.32 Å². The van der Waals surface area contributed by atoms with E-state index in [0.29, 0.717) is 23.8 Å². The molecule has 0 saturated heterocycles. The molecule has 0 saturated carbocycles. The first-order valence-corrected chi connectivity index (χ1v) is 10.8. The zero-order valence-corrected chi connectivity index (χ0v) is 17.7. The van der Waals surface area contributed by atoms with Gasteiger partial charge in [0, 0.05) is 6.20 Å². The first-order chi connectivity index (χ1) is 15.4. The highest BCUT2D eigenvalue weighted by molar-refractivity contribution is 7.99. The molecule has 0 spiro atoms. The summed E-state index contributed by atoms with van der Waals surface area (Å²) >= 11 is 1.19. The number of pyridine rings is 1. The van der Waals surface area contributed by atoms with Gasteiger partial charge in [-0.25, -0.2) is 4.98 Å². The van der Waals surface area contributed by atoms with E-state index in [4.69, 9.17) is 0 Å². The number of alkyl halides is 3. The molecule has 0 bridgehead atoms. The van der Waals surface area contributed by atoms with Gasteiger partial charge in [0.2, 0.25) is 5.91 Å². The molecule has 2 aromatic heterocycles. The molecule has 0 radical (unpaired) electrons. The van der Waals surface area contributed by atoms with Crippen LogP contribution in [0.25, 0.3) is 11.0 Å². The quantitative estimate of drug-likeness (QED) is 0.402. The van der Waals surface area contributed by atoms with Crippen molar-refractivity contribution in [2.24, 2.45) is 0 Å². The second kappa shape index (κ2) is 9.44. The minimum atomic E-state index is -4.45. The number of nitrogens with zero attached hydrogens (tertiary/aromatic N) is 3. The van der Waals surface area contributed by atoms with Gasteiger partial charge in [0.25, 0.3) is 0 Å². The minimum Gasteiger partial charge on any atom is -0.350 e. The molecule has 0 aliphatic rings. The molecule has 0 unspecified atom stereocenters. The normalized spacial score (nSPS) is 11.6. The second-order valence-corrected chi connectivity index (χ2v) is 8.00. The fraction of sp³-hybridized carbons (Fsp3) is 0.174. The number of carbonyl (C=O) groups excluding carboxylic acids is 1. The van der Waals surface area contributed by atoms with Crippen molar-refractivity contribution in [1.82, 2.24) is 19.9 Å². The summed E-state index contributed by atoms with van der Waals surface area (Å²) < 4.78 is 41.3. The Balaban J connectivity index is 1.55. The average molecular weight is 456 g/mol. The van der Waals surface area contributed by atoms with E-state index in [2.05, 4.69) is 15.3 Å². The predicted octanol–water partition coefficient (Wildman–Crippen LogP) is 4.91. The summed E-state index contributed by atoms with van der Waals surface area (Å²) in [6.07, 6.45) is -2.80. The van der Waals surface area contributed by atoms with Crippen molar-refractivity contribution in [3.63, 3.8) is 0 Å². The summed E-state index contributed by atoms with van der Waals surface area (Å²) in [6.45, 7) is 0.732. The van der Waals surface area contributed by atoms with Gasteiger partial charge >= 0.3 is 6.18 Å². The van der Waals surface area contributed by atoms with E-state index in [0.717, 1.165) is 23.4 Å². The number of halogens is 3. The van der Waals surface area contributed by atoms with Gasteiger partial charge in [-0.05, 0) is 35.9 Å². The van der Waals surface area contributed by atoms with Gasteiger partial charge < -0.3 is 9.88 Å². The molecule has 0 aliphatic carbocycles. The fourth-order valence-corrected chi connectivity index (χ4v) is 4.03. The van der Waals surface area contributed by atoms with Gasteiger partial charge in [-0.3, -0.25) is 9.78 Å². The maximum absolute atomic E-state index is 13.2. The molecule has 4 rings (SSSR count). The third-order valence-corrected chi connectivity index (χ3v) is 5.73. The molecule has 0 aliphatic heterocycles. The monoisotopic (exact) mass is 456 g/mol. The Morgan fingerprint density at radius 3 is 2.53 bits per heavy atom. The number of hydrogen-bond acceptors (Lipinski definition) is 4. The molecular formula is C23H19F3N4OS. The Kier molecular flexibility index (Phi) is 6.45. The summed E-state index contributed by atoms with van der Waals surface area (Å²) in [5.74, 6) is -0.133. The largest absolute Gasteiger partial charge is 0.416 e. The fourth-order valence-electron chi connectivity index (χ4n) is 3.19. The van der Waals surface area contributed by atoms with Gasteiger partial charge in [-0.1, -0.05) is 48.2 Å². The highest BCUT2D eigenvalue weighted by atomic mass is 32.2.